The summed E-state index contributed by atoms with van der Waals surface area (Å²) in [4.78, 5) is 12.9. The summed E-state index contributed by atoms with van der Waals surface area (Å²) in [5.41, 5.74) is 0. The Hall–Kier alpha value is -0.620. The molecule has 0 aromatic rings. The van der Waals surface area contributed by atoms with E-state index in [-0.39, 0.29) is 38.5 Å². The van der Waals surface area contributed by atoms with Gasteiger partial charge in [0.25, 0.3) is 0 Å². The van der Waals surface area contributed by atoms with Crippen LogP contribution in [-0.2, 0) is 24.3 Å². The van der Waals surface area contributed by atoms with Crippen LogP contribution in [0.3, 0.4) is 0 Å². The first kappa shape index (κ1) is 28.4. The first-order chi connectivity index (χ1) is 17.1. The third kappa shape index (κ3) is 6.16. The van der Waals surface area contributed by atoms with E-state index in [0.29, 0.717) is 45.1 Å². The number of ether oxygens (including phenoxy) is 2. The Bertz CT molecular complexity index is 861. The molecule has 208 valence electrons. The first-order valence-electron chi connectivity index (χ1n) is 13.2. The van der Waals surface area contributed by atoms with E-state index in [4.69, 9.17) is 21.1 Å². The number of hydrogen-bond acceptors (Lipinski definition) is 5. The van der Waals surface area contributed by atoms with Gasteiger partial charge in [0.05, 0.1) is 36.0 Å². The quantitative estimate of drug-likeness (QED) is 0.484. The highest BCUT2D eigenvalue weighted by Crippen LogP contribution is 2.38. The maximum absolute atomic E-state index is 14.5. The van der Waals surface area contributed by atoms with Crippen LogP contribution in [0.25, 0.3) is 0 Å². The normalized spacial score (nSPS) is 42.5. The van der Waals surface area contributed by atoms with Gasteiger partial charge < -0.3 is 14.8 Å². The smallest absolute Gasteiger partial charge is 0.227 e. The van der Waals surface area contributed by atoms with Gasteiger partial charge in [0, 0.05) is 24.6 Å². The molecule has 0 aromatic carbocycles. The summed E-state index contributed by atoms with van der Waals surface area (Å²) in [6.07, 6.45) is -3.19. The molecule has 1 aliphatic heterocycles. The van der Waals surface area contributed by atoms with Crippen molar-refractivity contribution in [1.82, 2.24) is 9.62 Å². The topological polar surface area (TPSA) is 84.9 Å². The molecule has 0 bridgehead atoms. The third-order valence-electron chi connectivity index (χ3n) is 8.16. The second-order valence-corrected chi connectivity index (χ2v) is 13.3. The van der Waals surface area contributed by atoms with Crippen LogP contribution in [0.2, 0.25) is 0 Å². The molecule has 0 aromatic heterocycles. The summed E-state index contributed by atoms with van der Waals surface area (Å²) in [6, 6.07) is -0.926. The number of carbonyl (C=O) groups is 1. The van der Waals surface area contributed by atoms with Crippen LogP contribution in [0, 0.1) is 5.92 Å². The number of fused-ring (bicyclic) bond motifs is 1. The molecule has 1 N–H and O–H groups in total. The Morgan fingerprint density at radius 1 is 1.06 bits per heavy atom. The molecule has 1 amide bonds. The van der Waals surface area contributed by atoms with E-state index in [1.54, 1.807) is 0 Å². The van der Waals surface area contributed by atoms with Crippen molar-refractivity contribution in [1.29, 1.82) is 0 Å². The Balaban J connectivity index is 1.49. The van der Waals surface area contributed by atoms with Crippen molar-refractivity contribution < 1.29 is 35.9 Å². The van der Waals surface area contributed by atoms with E-state index in [2.05, 4.69) is 5.32 Å². The highest BCUT2D eigenvalue weighted by atomic mass is 35.5. The summed E-state index contributed by atoms with van der Waals surface area (Å²) in [5, 5.41) is 1.34. The Morgan fingerprint density at radius 2 is 1.83 bits per heavy atom. The number of alkyl halides is 4. The Labute approximate surface area is 216 Å². The summed E-state index contributed by atoms with van der Waals surface area (Å²) in [5.74, 6) is -1.36. The summed E-state index contributed by atoms with van der Waals surface area (Å²) in [7, 11) is -3.96. The lowest BCUT2D eigenvalue weighted by atomic mass is 9.84. The molecule has 4 aliphatic rings. The fourth-order valence-corrected chi connectivity index (χ4v) is 8.84. The van der Waals surface area contributed by atoms with E-state index in [0.717, 1.165) is 0 Å². The van der Waals surface area contributed by atoms with Crippen molar-refractivity contribution in [2.45, 2.75) is 118 Å². The van der Waals surface area contributed by atoms with Crippen molar-refractivity contribution in [3.63, 3.8) is 0 Å². The van der Waals surface area contributed by atoms with Crippen LogP contribution in [0.15, 0.2) is 0 Å². The number of halogens is 4. The van der Waals surface area contributed by atoms with Gasteiger partial charge in [-0.1, -0.05) is 0 Å². The number of morpholine rings is 1. The molecule has 10 unspecified atom stereocenters. The molecule has 3 aliphatic carbocycles. The van der Waals surface area contributed by atoms with Crippen molar-refractivity contribution in [3.05, 3.63) is 0 Å². The molecule has 4 fully saturated rings. The second kappa shape index (κ2) is 12.1. The van der Waals surface area contributed by atoms with Gasteiger partial charge in [-0.15, -0.1) is 11.6 Å². The largest absolute Gasteiger partial charge is 0.379 e. The summed E-state index contributed by atoms with van der Waals surface area (Å²) < 4.78 is 82.9. The molecule has 3 saturated carbocycles. The number of nitrogens with zero attached hydrogens (tertiary/aromatic N) is 1. The Kier molecular flexibility index (Phi) is 9.50. The molecule has 7 nitrogen and oxygen atoms in total. The van der Waals surface area contributed by atoms with Crippen LogP contribution in [0.5, 0.6) is 0 Å². The maximum Gasteiger partial charge on any atom is 0.227 e. The molecule has 1 saturated heterocycles. The summed E-state index contributed by atoms with van der Waals surface area (Å²) in [6.45, 7) is 2.57. The molecular weight excluding hydrogens is 521 g/mol. The molecule has 10 atom stereocenters. The molecule has 0 radical (unpaired) electrons. The average molecular weight is 559 g/mol. The van der Waals surface area contributed by atoms with Gasteiger partial charge in [-0.2, -0.15) is 4.31 Å². The lowest BCUT2D eigenvalue weighted by molar-refractivity contribution is -0.138. The highest BCUT2D eigenvalue weighted by Gasteiger charge is 2.50. The number of sulfonamides is 1. The molecule has 36 heavy (non-hydrogen) atoms. The molecular formula is C24H38ClF3N2O5S. The van der Waals surface area contributed by atoms with E-state index < -0.39 is 69.2 Å². The van der Waals surface area contributed by atoms with E-state index >= 15 is 0 Å². The van der Waals surface area contributed by atoms with Gasteiger partial charge in [-0.3, -0.25) is 4.79 Å². The van der Waals surface area contributed by atoms with Crippen molar-refractivity contribution in [2.75, 3.05) is 19.8 Å². The van der Waals surface area contributed by atoms with Crippen LogP contribution < -0.4 is 5.32 Å². The zero-order valence-electron chi connectivity index (χ0n) is 20.7. The number of hydrogen-bond donors (Lipinski definition) is 1. The maximum atomic E-state index is 14.5. The average Bonchev–Trinajstić information content (AvgIpc) is 2.83. The highest BCUT2D eigenvalue weighted by molar-refractivity contribution is 7.89. The summed E-state index contributed by atoms with van der Waals surface area (Å²) >= 11 is 6.27. The van der Waals surface area contributed by atoms with Gasteiger partial charge in [0.1, 0.15) is 18.5 Å². The minimum Gasteiger partial charge on any atom is -0.379 e. The minimum atomic E-state index is -3.96. The van der Waals surface area contributed by atoms with Gasteiger partial charge in [0.2, 0.25) is 15.9 Å². The van der Waals surface area contributed by atoms with Crippen LogP contribution in [-0.4, -0.2) is 91.8 Å². The van der Waals surface area contributed by atoms with Gasteiger partial charge in [0.15, 0.2) is 0 Å². The van der Waals surface area contributed by atoms with E-state index in [9.17, 15) is 26.4 Å². The third-order valence-corrected chi connectivity index (χ3v) is 11.0. The van der Waals surface area contributed by atoms with Crippen molar-refractivity contribution >= 4 is 27.5 Å². The number of carbonyl (C=O) groups excluding carboxylic acids is 1. The zero-order valence-corrected chi connectivity index (χ0v) is 22.2. The van der Waals surface area contributed by atoms with Gasteiger partial charge in [-0.25, -0.2) is 21.6 Å². The van der Waals surface area contributed by atoms with Crippen LogP contribution in [0.4, 0.5) is 13.2 Å². The predicted octanol–water partition coefficient (Wildman–Crippen LogP) is 3.43. The van der Waals surface area contributed by atoms with Crippen LogP contribution >= 0.6 is 11.6 Å². The van der Waals surface area contributed by atoms with Crippen molar-refractivity contribution in [2.24, 2.45) is 5.92 Å². The molecule has 0 spiro atoms. The van der Waals surface area contributed by atoms with Crippen LogP contribution in [0.1, 0.15) is 64.7 Å². The Morgan fingerprint density at radius 3 is 2.53 bits per heavy atom. The fraction of sp³-hybridized carbons (Fsp3) is 0.958. The standard InChI is InChI=1S/C24H38ClF3N2O5S/c1-2-34-13-15-12-30(36(32,33)16-7-8-18(26)20(28)11-16)21-10-14(6-9-22(21)35-15)29-24(31)23-17(25)4-3-5-19(23)27/h14-23H,2-13H2,1H3,(H,29,31). The van der Waals surface area contributed by atoms with Gasteiger partial charge in [-0.05, 0) is 64.7 Å². The van der Waals surface area contributed by atoms with E-state index in [1.165, 1.54) is 4.31 Å². The zero-order chi connectivity index (χ0) is 26.0. The first-order valence-corrected chi connectivity index (χ1v) is 15.2. The number of rotatable bonds is 7. The predicted molar refractivity (Wildman–Crippen MR) is 130 cm³/mol. The lowest BCUT2D eigenvalue weighted by Gasteiger charge is -2.49. The number of nitrogens with one attached hydrogen (secondary N) is 1. The minimum absolute atomic E-state index is 0.0512. The van der Waals surface area contributed by atoms with Crippen molar-refractivity contribution in [3.8, 4) is 0 Å². The molecule has 12 heteroatoms. The second-order valence-electron chi connectivity index (χ2n) is 10.6. The number of amides is 1. The molecule has 4 rings (SSSR count). The fourth-order valence-electron chi connectivity index (χ4n) is 6.20. The van der Waals surface area contributed by atoms with Gasteiger partial charge >= 0.3 is 0 Å². The lowest BCUT2D eigenvalue weighted by Crippen LogP contribution is -2.63. The van der Waals surface area contributed by atoms with E-state index in [1.807, 2.05) is 6.92 Å². The molecule has 1 heterocycles. The SMILES string of the molecule is CCOCC1CN(S(=O)(=O)C2CCC(F)C(F)C2)C2CC(NC(=O)C3C(F)CCCC3Cl)CCC2O1. The monoisotopic (exact) mass is 558 g/mol.